The molecule has 24 heavy (non-hydrogen) atoms. The average Bonchev–Trinajstić information content (AvgIpc) is 2.84. The molecule has 0 saturated carbocycles. The van der Waals surface area contributed by atoms with Crippen LogP contribution in [-0.4, -0.2) is 42.0 Å². The van der Waals surface area contributed by atoms with Crippen LogP contribution in [0.15, 0.2) is 38.7 Å². The first kappa shape index (κ1) is 16.6. The van der Waals surface area contributed by atoms with Crippen LogP contribution in [0.5, 0.6) is 0 Å². The summed E-state index contributed by atoms with van der Waals surface area (Å²) in [5.74, 6) is -1.10. The van der Waals surface area contributed by atoms with Crippen LogP contribution >= 0.6 is 11.6 Å². The molecule has 1 heterocycles. The molecule has 1 radical (unpaired) electrons. The molecule has 0 aromatic carbocycles. The molecule has 125 valence electrons. The first-order valence-corrected chi connectivity index (χ1v) is 7.74. The van der Waals surface area contributed by atoms with Crippen molar-refractivity contribution >= 4 is 35.4 Å². The van der Waals surface area contributed by atoms with Crippen LogP contribution in [0.3, 0.4) is 0 Å². The molecule has 3 aliphatic rings. The molecule has 3 rings (SSSR count). The van der Waals surface area contributed by atoms with Crippen LogP contribution in [0.4, 0.5) is 4.39 Å². The van der Waals surface area contributed by atoms with E-state index in [1.807, 2.05) is 0 Å². The van der Waals surface area contributed by atoms with E-state index in [1.54, 1.807) is 6.29 Å². The molecule has 1 atom stereocenters. The Kier molecular flexibility index (Phi) is 4.36. The standard InChI is InChI=1S/C16H13ClFN2O4/c1-24-19-14-12(17)8(7-21)6-11(13(14)18)20-15(22)9-4-2-3-5-10(9)16(20)23/h6,13H,2-5H2,1H3. The molecule has 1 unspecified atom stereocenters. The van der Waals surface area contributed by atoms with Crippen LogP contribution < -0.4 is 0 Å². The van der Waals surface area contributed by atoms with E-state index in [2.05, 4.69) is 9.99 Å². The van der Waals surface area contributed by atoms with Crippen molar-refractivity contribution in [1.29, 1.82) is 0 Å². The summed E-state index contributed by atoms with van der Waals surface area (Å²) in [6.07, 6.45) is 3.24. The van der Waals surface area contributed by atoms with Crippen molar-refractivity contribution in [3.8, 4) is 0 Å². The van der Waals surface area contributed by atoms with Gasteiger partial charge >= 0.3 is 0 Å². The lowest BCUT2D eigenvalue weighted by Crippen LogP contribution is -2.39. The highest BCUT2D eigenvalue weighted by molar-refractivity contribution is 6.46. The van der Waals surface area contributed by atoms with Crippen molar-refractivity contribution in [3.63, 3.8) is 0 Å². The second-order valence-electron chi connectivity index (χ2n) is 5.53. The van der Waals surface area contributed by atoms with Crippen molar-refractivity contribution < 1.29 is 23.6 Å². The van der Waals surface area contributed by atoms with E-state index >= 15 is 0 Å². The maximum Gasteiger partial charge on any atom is 0.261 e. The van der Waals surface area contributed by atoms with Gasteiger partial charge in [-0.15, -0.1) is 0 Å². The van der Waals surface area contributed by atoms with Crippen molar-refractivity contribution in [2.45, 2.75) is 31.9 Å². The van der Waals surface area contributed by atoms with E-state index in [0.717, 1.165) is 23.8 Å². The lowest BCUT2D eigenvalue weighted by Gasteiger charge is -2.25. The minimum absolute atomic E-state index is 0.193. The van der Waals surface area contributed by atoms with E-state index in [0.29, 0.717) is 24.0 Å². The number of oxime groups is 1. The van der Waals surface area contributed by atoms with Gasteiger partial charge in [-0.2, -0.15) is 0 Å². The first-order valence-electron chi connectivity index (χ1n) is 7.37. The topological polar surface area (TPSA) is 76.0 Å². The Bertz CT molecular complexity index is 738. The molecule has 0 N–H and O–H groups in total. The highest BCUT2D eigenvalue weighted by Crippen LogP contribution is 2.38. The number of imide groups is 1. The summed E-state index contributed by atoms with van der Waals surface area (Å²) >= 11 is 5.91. The Hall–Kier alpha value is -2.28. The fraction of sp³-hybridized carbons (Fsp3) is 0.375. The number of allylic oxidation sites excluding steroid dienone is 4. The van der Waals surface area contributed by atoms with E-state index in [-0.39, 0.29) is 22.0 Å². The minimum Gasteiger partial charge on any atom is -0.399 e. The number of hydrogen-bond donors (Lipinski definition) is 0. The van der Waals surface area contributed by atoms with Gasteiger partial charge in [0.25, 0.3) is 11.8 Å². The molecule has 8 heteroatoms. The number of hydrogen-bond acceptors (Lipinski definition) is 5. The minimum atomic E-state index is -1.97. The van der Waals surface area contributed by atoms with Gasteiger partial charge in [0, 0.05) is 16.7 Å². The molecular weight excluding hydrogens is 339 g/mol. The highest BCUT2D eigenvalue weighted by atomic mass is 35.5. The second kappa shape index (κ2) is 6.32. The van der Waals surface area contributed by atoms with E-state index < -0.39 is 18.0 Å². The monoisotopic (exact) mass is 351 g/mol. The number of halogens is 2. The molecule has 0 fully saturated rings. The SMILES string of the molecule is CON=C1C(Cl)=C([C]=O)C=C(N2C(=O)C3=C(CCCC3)C2=O)C1F. The largest absolute Gasteiger partial charge is 0.399 e. The third-order valence-electron chi connectivity index (χ3n) is 4.20. The number of rotatable bonds is 3. The molecule has 0 aromatic rings. The van der Waals surface area contributed by atoms with E-state index in [1.165, 1.54) is 7.11 Å². The molecule has 2 aliphatic carbocycles. The van der Waals surface area contributed by atoms with E-state index in [9.17, 15) is 18.8 Å². The van der Waals surface area contributed by atoms with Crippen molar-refractivity contribution in [2.24, 2.45) is 5.16 Å². The van der Waals surface area contributed by atoms with Gasteiger partial charge in [-0.05, 0) is 31.8 Å². The quantitative estimate of drug-likeness (QED) is 0.576. The van der Waals surface area contributed by atoms with Gasteiger partial charge in [-0.1, -0.05) is 16.8 Å². The Balaban J connectivity index is 2.06. The number of alkyl halides is 1. The van der Waals surface area contributed by atoms with E-state index in [4.69, 9.17) is 11.6 Å². The van der Waals surface area contributed by atoms with Crippen molar-refractivity contribution in [3.05, 3.63) is 33.5 Å². The van der Waals surface area contributed by atoms with Gasteiger partial charge in [0.1, 0.15) is 12.8 Å². The summed E-state index contributed by atoms with van der Waals surface area (Å²) < 4.78 is 14.8. The van der Waals surface area contributed by atoms with Gasteiger partial charge < -0.3 is 4.84 Å². The zero-order valence-electron chi connectivity index (χ0n) is 12.8. The maximum absolute atomic E-state index is 14.8. The van der Waals surface area contributed by atoms with Crippen LogP contribution in [0.2, 0.25) is 0 Å². The molecule has 0 spiro atoms. The summed E-state index contributed by atoms with van der Waals surface area (Å²) in [4.78, 5) is 41.5. The van der Waals surface area contributed by atoms with Crippen molar-refractivity contribution in [1.82, 2.24) is 4.90 Å². The number of amides is 2. The fourth-order valence-corrected chi connectivity index (χ4v) is 3.31. The Morgan fingerprint density at radius 3 is 2.38 bits per heavy atom. The molecule has 0 saturated heterocycles. The van der Waals surface area contributed by atoms with Crippen LogP contribution in [0, 0.1) is 0 Å². The third-order valence-corrected chi connectivity index (χ3v) is 4.60. The summed E-state index contributed by atoms with van der Waals surface area (Å²) in [5, 5.41) is 3.21. The van der Waals surface area contributed by atoms with Gasteiger partial charge in [0.2, 0.25) is 6.29 Å². The van der Waals surface area contributed by atoms with Crippen molar-refractivity contribution in [2.75, 3.05) is 7.11 Å². The first-order chi connectivity index (χ1) is 11.5. The molecule has 2 amide bonds. The second-order valence-corrected chi connectivity index (χ2v) is 5.91. The predicted octanol–water partition coefficient (Wildman–Crippen LogP) is 2.07. The van der Waals surface area contributed by atoms with Crippen LogP contribution in [0.25, 0.3) is 0 Å². The number of carbonyl (C=O) groups is 2. The Labute approximate surface area is 142 Å². The average molecular weight is 352 g/mol. The lowest BCUT2D eigenvalue weighted by molar-refractivity contribution is -0.135. The fourth-order valence-electron chi connectivity index (χ4n) is 3.08. The van der Waals surface area contributed by atoms with Gasteiger partial charge in [-0.25, -0.2) is 9.29 Å². The molecule has 0 bridgehead atoms. The smallest absolute Gasteiger partial charge is 0.261 e. The lowest BCUT2D eigenvalue weighted by atomic mass is 9.93. The number of nitrogens with zero attached hydrogens (tertiary/aromatic N) is 2. The highest BCUT2D eigenvalue weighted by Gasteiger charge is 2.45. The summed E-state index contributed by atoms with van der Waals surface area (Å²) in [6.45, 7) is 0. The summed E-state index contributed by atoms with van der Waals surface area (Å²) in [6, 6.07) is 0. The zero-order chi connectivity index (χ0) is 17.4. The molecule has 1 aliphatic heterocycles. The van der Waals surface area contributed by atoms with Gasteiger partial charge in [0.05, 0.1) is 10.7 Å². The zero-order valence-corrected chi connectivity index (χ0v) is 13.5. The summed E-state index contributed by atoms with van der Waals surface area (Å²) in [7, 11) is 1.19. The molecule has 0 aromatic heterocycles. The van der Waals surface area contributed by atoms with Crippen LogP contribution in [0.1, 0.15) is 25.7 Å². The molecular formula is C16H13ClFN2O4. The maximum atomic E-state index is 14.8. The van der Waals surface area contributed by atoms with Crippen LogP contribution in [-0.2, 0) is 19.2 Å². The Morgan fingerprint density at radius 2 is 1.88 bits per heavy atom. The van der Waals surface area contributed by atoms with Gasteiger partial charge in [0.15, 0.2) is 6.17 Å². The third kappa shape index (κ3) is 2.39. The normalized spacial score (nSPS) is 26.1. The predicted molar refractivity (Wildman–Crippen MR) is 83.3 cm³/mol. The van der Waals surface area contributed by atoms with Gasteiger partial charge in [-0.3, -0.25) is 14.4 Å². The summed E-state index contributed by atoms with van der Waals surface area (Å²) in [5.41, 5.74) is -0.0241. The molecule has 6 nitrogen and oxygen atoms in total. The Morgan fingerprint density at radius 1 is 1.29 bits per heavy atom. The number of carbonyl (C=O) groups excluding carboxylic acids is 3.